The molecular formula is C16H17Cl2N2O+. The van der Waals surface area contributed by atoms with Crippen LogP contribution >= 0.6 is 23.2 Å². The molecule has 0 saturated heterocycles. The van der Waals surface area contributed by atoms with E-state index in [1.54, 1.807) is 18.2 Å². The number of carbonyl (C=O) groups excluding carboxylic acids is 1. The van der Waals surface area contributed by atoms with Crippen LogP contribution < -0.4 is 9.88 Å². The van der Waals surface area contributed by atoms with Crippen LogP contribution in [0.1, 0.15) is 18.2 Å². The molecular weight excluding hydrogens is 307 g/mol. The van der Waals surface area contributed by atoms with E-state index in [4.69, 9.17) is 23.2 Å². The number of nitrogens with one attached hydrogen (secondary N) is 1. The van der Waals surface area contributed by atoms with Crippen LogP contribution in [-0.4, -0.2) is 5.91 Å². The number of benzene rings is 1. The Balaban J connectivity index is 2.09. The lowest BCUT2D eigenvalue weighted by molar-refractivity contribution is -0.690. The summed E-state index contributed by atoms with van der Waals surface area (Å²) in [5.41, 5.74) is 2.87. The first-order chi connectivity index (χ1) is 9.99. The second-order valence-electron chi connectivity index (χ2n) is 4.84. The molecule has 5 heteroatoms. The van der Waals surface area contributed by atoms with Gasteiger partial charge in [-0.05, 0) is 30.7 Å². The van der Waals surface area contributed by atoms with Gasteiger partial charge in [0.15, 0.2) is 11.9 Å². The van der Waals surface area contributed by atoms with E-state index in [-0.39, 0.29) is 12.5 Å². The van der Waals surface area contributed by atoms with Crippen LogP contribution in [0.2, 0.25) is 10.0 Å². The van der Waals surface area contributed by atoms with Gasteiger partial charge in [-0.25, -0.2) is 0 Å². The van der Waals surface area contributed by atoms with Crippen molar-refractivity contribution in [1.29, 1.82) is 0 Å². The molecule has 1 heterocycles. The second-order valence-corrected chi connectivity index (χ2v) is 5.65. The van der Waals surface area contributed by atoms with Crippen molar-refractivity contribution < 1.29 is 9.36 Å². The van der Waals surface area contributed by atoms with Crippen LogP contribution in [0, 0.1) is 6.92 Å². The first-order valence-corrected chi connectivity index (χ1v) is 7.49. The maximum atomic E-state index is 12.1. The number of pyridine rings is 1. The van der Waals surface area contributed by atoms with E-state index in [1.807, 2.05) is 23.8 Å². The fraction of sp³-hybridized carbons (Fsp3) is 0.250. The molecule has 0 fully saturated rings. The molecule has 0 aliphatic carbocycles. The molecule has 0 unspecified atom stereocenters. The maximum Gasteiger partial charge on any atom is 0.290 e. The zero-order valence-corrected chi connectivity index (χ0v) is 13.5. The number of halogens is 2. The SMILES string of the molecule is CCc1ccc(C)[n+](CC(=O)Nc2ccc(Cl)c(Cl)c2)c1. The average Bonchev–Trinajstić information content (AvgIpc) is 2.45. The minimum absolute atomic E-state index is 0.102. The summed E-state index contributed by atoms with van der Waals surface area (Å²) in [6.07, 6.45) is 2.94. The van der Waals surface area contributed by atoms with Gasteiger partial charge in [0, 0.05) is 24.2 Å². The molecule has 0 atom stereocenters. The van der Waals surface area contributed by atoms with Crippen molar-refractivity contribution in [3.05, 3.63) is 57.8 Å². The number of aromatic nitrogens is 1. The summed E-state index contributed by atoms with van der Waals surface area (Å²) in [7, 11) is 0. The minimum Gasteiger partial charge on any atom is -0.321 e. The van der Waals surface area contributed by atoms with Gasteiger partial charge < -0.3 is 5.32 Å². The van der Waals surface area contributed by atoms with Crippen LogP contribution in [0.25, 0.3) is 0 Å². The molecule has 0 spiro atoms. The Morgan fingerprint density at radius 1 is 1.19 bits per heavy atom. The van der Waals surface area contributed by atoms with E-state index in [9.17, 15) is 4.79 Å². The summed E-state index contributed by atoms with van der Waals surface area (Å²) in [5, 5.41) is 3.71. The lowest BCUT2D eigenvalue weighted by Crippen LogP contribution is -2.43. The first-order valence-electron chi connectivity index (χ1n) is 6.73. The third-order valence-corrected chi connectivity index (χ3v) is 3.98. The molecule has 3 nitrogen and oxygen atoms in total. The van der Waals surface area contributed by atoms with Crippen LogP contribution in [0.15, 0.2) is 36.5 Å². The standard InChI is InChI=1S/C16H16Cl2N2O/c1-3-12-5-4-11(2)20(9-12)10-16(21)19-13-6-7-14(17)15(18)8-13/h4-9H,3,10H2,1-2H3/p+1. The number of carbonyl (C=O) groups is 1. The third-order valence-electron chi connectivity index (χ3n) is 3.24. The number of hydrogen-bond acceptors (Lipinski definition) is 1. The normalized spacial score (nSPS) is 10.5. The Morgan fingerprint density at radius 3 is 2.62 bits per heavy atom. The molecule has 1 N–H and O–H groups in total. The topological polar surface area (TPSA) is 33.0 Å². The van der Waals surface area contributed by atoms with E-state index in [0.717, 1.165) is 12.1 Å². The van der Waals surface area contributed by atoms with E-state index >= 15 is 0 Å². The Morgan fingerprint density at radius 2 is 1.95 bits per heavy atom. The van der Waals surface area contributed by atoms with Gasteiger partial charge in [-0.2, -0.15) is 4.57 Å². The van der Waals surface area contributed by atoms with Crippen LogP contribution in [-0.2, 0) is 17.8 Å². The molecule has 1 aromatic heterocycles. The van der Waals surface area contributed by atoms with E-state index in [0.29, 0.717) is 15.7 Å². The monoisotopic (exact) mass is 323 g/mol. The lowest BCUT2D eigenvalue weighted by Gasteiger charge is -2.06. The summed E-state index contributed by atoms with van der Waals surface area (Å²) in [6, 6.07) is 9.12. The van der Waals surface area contributed by atoms with Gasteiger partial charge in [-0.15, -0.1) is 0 Å². The maximum absolute atomic E-state index is 12.1. The van der Waals surface area contributed by atoms with Crippen molar-refractivity contribution in [3.63, 3.8) is 0 Å². The number of hydrogen-bond donors (Lipinski definition) is 1. The average molecular weight is 324 g/mol. The van der Waals surface area contributed by atoms with Gasteiger partial charge in [-0.1, -0.05) is 30.1 Å². The molecule has 0 bridgehead atoms. The molecule has 110 valence electrons. The Kier molecular flexibility index (Phi) is 5.21. The molecule has 1 amide bonds. The van der Waals surface area contributed by atoms with Gasteiger partial charge in [0.25, 0.3) is 5.91 Å². The molecule has 21 heavy (non-hydrogen) atoms. The van der Waals surface area contributed by atoms with Crippen LogP contribution in [0.5, 0.6) is 0 Å². The lowest BCUT2D eigenvalue weighted by atomic mass is 10.2. The van der Waals surface area contributed by atoms with Gasteiger partial charge in [0.2, 0.25) is 6.54 Å². The van der Waals surface area contributed by atoms with Gasteiger partial charge in [0.05, 0.1) is 10.0 Å². The van der Waals surface area contributed by atoms with Crippen molar-refractivity contribution in [2.45, 2.75) is 26.8 Å². The highest BCUT2D eigenvalue weighted by Gasteiger charge is 2.13. The van der Waals surface area contributed by atoms with E-state index in [2.05, 4.69) is 18.3 Å². The number of nitrogens with zero attached hydrogens (tertiary/aromatic N) is 1. The quantitative estimate of drug-likeness (QED) is 0.853. The molecule has 1 aromatic carbocycles. The zero-order valence-electron chi connectivity index (χ0n) is 12.0. The Labute approximate surface area is 134 Å². The first kappa shape index (κ1) is 15.8. The molecule has 0 aliphatic heterocycles. The summed E-state index contributed by atoms with van der Waals surface area (Å²) >= 11 is 11.8. The Hall–Kier alpha value is -1.58. The number of aryl methyl sites for hydroxylation is 2. The van der Waals surface area contributed by atoms with Gasteiger partial charge in [-0.3, -0.25) is 4.79 Å². The number of anilines is 1. The van der Waals surface area contributed by atoms with Crippen LogP contribution in [0.3, 0.4) is 0 Å². The summed E-state index contributed by atoms with van der Waals surface area (Å²) in [5.74, 6) is -0.102. The summed E-state index contributed by atoms with van der Waals surface area (Å²) in [6.45, 7) is 4.33. The van der Waals surface area contributed by atoms with E-state index < -0.39 is 0 Å². The smallest absolute Gasteiger partial charge is 0.290 e. The number of rotatable bonds is 4. The van der Waals surface area contributed by atoms with Gasteiger partial charge in [0.1, 0.15) is 0 Å². The Bertz CT molecular complexity index is 671. The fourth-order valence-corrected chi connectivity index (χ4v) is 2.28. The fourth-order valence-electron chi connectivity index (χ4n) is 1.98. The number of amides is 1. The van der Waals surface area contributed by atoms with Gasteiger partial charge >= 0.3 is 0 Å². The molecule has 0 aliphatic rings. The van der Waals surface area contributed by atoms with Crippen LogP contribution in [0.4, 0.5) is 5.69 Å². The summed E-state index contributed by atoms with van der Waals surface area (Å²) in [4.78, 5) is 12.1. The molecule has 2 aromatic rings. The van der Waals surface area contributed by atoms with Crippen molar-refractivity contribution in [2.24, 2.45) is 0 Å². The molecule has 2 rings (SSSR count). The van der Waals surface area contributed by atoms with Crippen molar-refractivity contribution in [3.8, 4) is 0 Å². The predicted molar refractivity (Wildman–Crippen MR) is 85.8 cm³/mol. The van der Waals surface area contributed by atoms with Crippen molar-refractivity contribution >= 4 is 34.8 Å². The minimum atomic E-state index is -0.102. The largest absolute Gasteiger partial charge is 0.321 e. The second kappa shape index (κ2) is 6.92. The predicted octanol–water partition coefficient (Wildman–Crippen LogP) is 3.79. The summed E-state index contributed by atoms with van der Waals surface area (Å²) < 4.78 is 1.94. The van der Waals surface area contributed by atoms with Crippen molar-refractivity contribution in [1.82, 2.24) is 0 Å². The van der Waals surface area contributed by atoms with Crippen molar-refractivity contribution in [2.75, 3.05) is 5.32 Å². The molecule has 0 saturated carbocycles. The highest BCUT2D eigenvalue weighted by Crippen LogP contribution is 2.24. The van der Waals surface area contributed by atoms with E-state index in [1.165, 1.54) is 5.56 Å². The molecule has 0 radical (unpaired) electrons. The third kappa shape index (κ3) is 4.19. The highest BCUT2D eigenvalue weighted by molar-refractivity contribution is 6.42. The zero-order chi connectivity index (χ0) is 15.4. The highest BCUT2D eigenvalue weighted by atomic mass is 35.5.